The summed E-state index contributed by atoms with van der Waals surface area (Å²) >= 11 is 13.1. The van der Waals surface area contributed by atoms with Crippen molar-refractivity contribution in [2.24, 2.45) is 5.73 Å². The average Bonchev–Trinajstić information content (AvgIpc) is 2.41. The maximum absolute atomic E-state index is 6.05. The maximum atomic E-state index is 6.05. The van der Waals surface area contributed by atoms with Gasteiger partial charge in [0.1, 0.15) is 0 Å². The van der Waals surface area contributed by atoms with Gasteiger partial charge in [0.25, 0.3) is 0 Å². The Morgan fingerprint density at radius 2 is 1.84 bits per heavy atom. The molecule has 1 atom stereocenters. The molecule has 100 valence electrons. The summed E-state index contributed by atoms with van der Waals surface area (Å²) in [5.74, 6) is 0. The summed E-state index contributed by atoms with van der Waals surface area (Å²) < 4.78 is 2.00. The van der Waals surface area contributed by atoms with Gasteiger partial charge >= 0.3 is 0 Å². The molecular weight excluding hydrogens is 391 g/mol. The molecule has 2 aromatic carbocycles. The summed E-state index contributed by atoms with van der Waals surface area (Å²) in [7, 11) is 0. The Morgan fingerprint density at radius 1 is 1.11 bits per heavy atom. The van der Waals surface area contributed by atoms with Gasteiger partial charge in [-0.25, -0.2) is 0 Å². The number of hydrogen-bond acceptors (Lipinski definition) is 2. The molecule has 0 radical (unpaired) electrons. The first kappa shape index (κ1) is 14.9. The third kappa shape index (κ3) is 3.72. The average molecular weight is 405 g/mol. The molecule has 3 N–H and O–H groups in total. The van der Waals surface area contributed by atoms with Crippen LogP contribution in [-0.2, 0) is 0 Å². The van der Waals surface area contributed by atoms with E-state index in [2.05, 4.69) is 37.2 Å². The van der Waals surface area contributed by atoms with Crippen LogP contribution < -0.4 is 11.1 Å². The van der Waals surface area contributed by atoms with Gasteiger partial charge < -0.3 is 11.1 Å². The Bertz CT molecular complexity index is 575. The number of anilines is 1. The second kappa shape index (κ2) is 6.75. The Hall–Kier alpha value is -0.550. The monoisotopic (exact) mass is 402 g/mol. The van der Waals surface area contributed by atoms with Gasteiger partial charge in [0, 0.05) is 26.2 Å². The number of nitrogens with one attached hydrogen (secondary N) is 1. The first-order valence-corrected chi connectivity index (χ1v) is 7.74. The fourth-order valence-electron chi connectivity index (χ4n) is 1.81. The fourth-order valence-corrected chi connectivity index (χ4v) is 2.91. The zero-order valence-electron chi connectivity index (χ0n) is 10.0. The minimum atomic E-state index is -0.00762. The van der Waals surface area contributed by atoms with Crippen molar-refractivity contribution in [3.05, 3.63) is 62.0 Å². The van der Waals surface area contributed by atoms with Crippen molar-refractivity contribution in [2.45, 2.75) is 6.04 Å². The number of hydrogen-bond donors (Lipinski definition) is 2. The van der Waals surface area contributed by atoms with E-state index < -0.39 is 0 Å². The summed E-state index contributed by atoms with van der Waals surface area (Å²) in [5.41, 5.74) is 7.93. The number of benzene rings is 2. The summed E-state index contributed by atoms with van der Waals surface area (Å²) in [6.07, 6.45) is 0. The van der Waals surface area contributed by atoms with Crippen LogP contribution in [0.15, 0.2) is 51.4 Å². The van der Waals surface area contributed by atoms with Crippen LogP contribution >= 0.6 is 43.5 Å². The van der Waals surface area contributed by atoms with Gasteiger partial charge in [-0.2, -0.15) is 0 Å². The second-order valence-electron chi connectivity index (χ2n) is 4.08. The van der Waals surface area contributed by atoms with E-state index in [0.717, 1.165) is 20.2 Å². The minimum Gasteiger partial charge on any atom is -0.376 e. The smallest absolute Gasteiger partial charge is 0.0648 e. The first-order valence-electron chi connectivity index (χ1n) is 5.78. The molecule has 0 spiro atoms. The number of nitrogens with two attached hydrogens (primary N) is 1. The van der Waals surface area contributed by atoms with Crippen molar-refractivity contribution in [3.63, 3.8) is 0 Å². The lowest BCUT2D eigenvalue weighted by Crippen LogP contribution is -2.21. The zero-order chi connectivity index (χ0) is 13.8. The molecule has 0 aliphatic rings. The zero-order valence-corrected chi connectivity index (χ0v) is 14.0. The van der Waals surface area contributed by atoms with Crippen LogP contribution in [0.25, 0.3) is 0 Å². The van der Waals surface area contributed by atoms with E-state index in [-0.39, 0.29) is 6.04 Å². The lowest BCUT2D eigenvalue weighted by atomic mass is 10.1. The molecule has 2 rings (SSSR count). The molecule has 0 aromatic heterocycles. The molecule has 19 heavy (non-hydrogen) atoms. The van der Waals surface area contributed by atoms with Crippen LogP contribution in [0.5, 0.6) is 0 Å². The van der Waals surface area contributed by atoms with Crippen molar-refractivity contribution in [1.82, 2.24) is 0 Å². The van der Waals surface area contributed by atoms with E-state index in [1.807, 2.05) is 42.5 Å². The number of para-hydroxylation sites is 1. The molecule has 0 saturated carbocycles. The van der Waals surface area contributed by atoms with Gasteiger partial charge in [-0.05, 0) is 51.8 Å². The van der Waals surface area contributed by atoms with Crippen LogP contribution in [-0.4, -0.2) is 6.54 Å². The predicted molar refractivity (Wildman–Crippen MR) is 88.7 cm³/mol. The molecule has 0 heterocycles. The standard InChI is InChI=1S/C14H13Br2ClN2/c15-11-6-5-9(17)7-10(11)14(8-18)19-13-4-2-1-3-12(13)16/h1-7,14,19H,8,18H2. The molecule has 1 unspecified atom stereocenters. The highest BCUT2D eigenvalue weighted by Crippen LogP contribution is 2.31. The third-order valence-electron chi connectivity index (χ3n) is 2.77. The van der Waals surface area contributed by atoms with Crippen LogP contribution in [0.1, 0.15) is 11.6 Å². The molecule has 0 bridgehead atoms. The van der Waals surface area contributed by atoms with E-state index >= 15 is 0 Å². The lowest BCUT2D eigenvalue weighted by Gasteiger charge is -2.21. The molecule has 0 saturated heterocycles. The topological polar surface area (TPSA) is 38.0 Å². The molecule has 2 nitrogen and oxygen atoms in total. The highest BCUT2D eigenvalue weighted by Gasteiger charge is 2.14. The Balaban J connectivity index is 2.30. The number of halogens is 3. The van der Waals surface area contributed by atoms with Gasteiger partial charge in [0.05, 0.1) is 6.04 Å². The first-order chi connectivity index (χ1) is 9.11. The highest BCUT2D eigenvalue weighted by molar-refractivity contribution is 9.11. The van der Waals surface area contributed by atoms with Gasteiger partial charge in [-0.1, -0.05) is 39.7 Å². The largest absolute Gasteiger partial charge is 0.376 e. The minimum absolute atomic E-state index is 0.00762. The van der Waals surface area contributed by atoms with Gasteiger partial charge in [0.15, 0.2) is 0 Å². The summed E-state index contributed by atoms with van der Waals surface area (Å²) in [5, 5.41) is 4.12. The van der Waals surface area contributed by atoms with Crippen LogP contribution in [0.3, 0.4) is 0 Å². The quantitative estimate of drug-likeness (QED) is 0.754. The highest BCUT2D eigenvalue weighted by atomic mass is 79.9. The molecule has 0 aliphatic carbocycles. The summed E-state index contributed by atoms with van der Waals surface area (Å²) in [6, 6.07) is 13.6. The SMILES string of the molecule is NCC(Nc1ccccc1Br)c1cc(Cl)ccc1Br. The molecule has 0 aliphatic heterocycles. The van der Waals surface area contributed by atoms with Crippen molar-refractivity contribution in [1.29, 1.82) is 0 Å². The Labute approximate surface area is 134 Å². The van der Waals surface area contributed by atoms with E-state index in [0.29, 0.717) is 11.6 Å². The molecule has 5 heteroatoms. The van der Waals surface area contributed by atoms with E-state index in [9.17, 15) is 0 Å². The van der Waals surface area contributed by atoms with E-state index in [1.54, 1.807) is 0 Å². The van der Waals surface area contributed by atoms with Crippen molar-refractivity contribution in [2.75, 3.05) is 11.9 Å². The molecule has 0 amide bonds. The summed E-state index contributed by atoms with van der Waals surface area (Å²) in [4.78, 5) is 0. The number of rotatable bonds is 4. The predicted octanol–water partition coefficient (Wildman–Crippen LogP) is 4.98. The fraction of sp³-hybridized carbons (Fsp3) is 0.143. The van der Waals surface area contributed by atoms with Crippen molar-refractivity contribution >= 4 is 49.1 Å². The van der Waals surface area contributed by atoms with Gasteiger partial charge in [0.2, 0.25) is 0 Å². The lowest BCUT2D eigenvalue weighted by molar-refractivity contribution is 0.785. The second-order valence-corrected chi connectivity index (χ2v) is 6.22. The third-order valence-corrected chi connectivity index (χ3v) is 4.42. The molecule has 2 aromatic rings. The maximum Gasteiger partial charge on any atom is 0.0648 e. The van der Waals surface area contributed by atoms with E-state index in [1.165, 1.54) is 0 Å². The van der Waals surface area contributed by atoms with Crippen LogP contribution in [0.2, 0.25) is 5.02 Å². The Morgan fingerprint density at radius 3 is 2.53 bits per heavy atom. The van der Waals surface area contributed by atoms with Crippen molar-refractivity contribution < 1.29 is 0 Å². The van der Waals surface area contributed by atoms with Crippen LogP contribution in [0, 0.1) is 0 Å². The van der Waals surface area contributed by atoms with Crippen molar-refractivity contribution in [3.8, 4) is 0 Å². The summed E-state index contributed by atoms with van der Waals surface area (Å²) in [6.45, 7) is 0.472. The van der Waals surface area contributed by atoms with Crippen LogP contribution in [0.4, 0.5) is 5.69 Å². The molecule has 0 fully saturated rings. The van der Waals surface area contributed by atoms with Gasteiger partial charge in [-0.15, -0.1) is 0 Å². The normalized spacial score (nSPS) is 12.2. The molecular formula is C14H13Br2ClN2. The Kier molecular flexibility index (Phi) is 5.28. The van der Waals surface area contributed by atoms with Gasteiger partial charge in [-0.3, -0.25) is 0 Å². The van der Waals surface area contributed by atoms with E-state index in [4.69, 9.17) is 17.3 Å².